The van der Waals surface area contributed by atoms with Gasteiger partial charge in [0.15, 0.2) is 0 Å². The lowest BCUT2D eigenvalue weighted by Crippen LogP contribution is -2.53. The van der Waals surface area contributed by atoms with Crippen LogP contribution in [0.2, 0.25) is 0 Å². The molecule has 0 spiro atoms. The average Bonchev–Trinajstić information content (AvgIpc) is 2.87. The van der Waals surface area contributed by atoms with Crippen LogP contribution in [0.4, 0.5) is 5.69 Å². The number of anilines is 1. The summed E-state index contributed by atoms with van der Waals surface area (Å²) in [6.07, 6.45) is 5.58. The second kappa shape index (κ2) is 6.57. The van der Waals surface area contributed by atoms with Gasteiger partial charge in [0.1, 0.15) is 6.54 Å². The molecular weight excluding hydrogens is 352 g/mol. The minimum atomic E-state index is -0.526. The quantitative estimate of drug-likeness (QED) is 0.735. The number of benzene rings is 1. The second-order valence-electron chi connectivity index (χ2n) is 8.99. The van der Waals surface area contributed by atoms with Gasteiger partial charge in [-0.2, -0.15) is 0 Å². The average molecular weight is 380 g/mol. The summed E-state index contributed by atoms with van der Waals surface area (Å²) in [4.78, 5) is 41.9. The molecule has 1 saturated carbocycles. The first-order chi connectivity index (χ1) is 13.2. The zero-order valence-electron chi connectivity index (χ0n) is 17.1. The molecule has 1 aromatic rings. The van der Waals surface area contributed by atoms with E-state index in [0.717, 1.165) is 48.1 Å². The number of imide groups is 1. The number of amides is 3. The Morgan fingerprint density at radius 2 is 1.68 bits per heavy atom. The van der Waals surface area contributed by atoms with Gasteiger partial charge in [0, 0.05) is 5.56 Å². The number of hydrogen-bond acceptors (Lipinski definition) is 3. The molecular formula is C23H28N2O3. The number of allylic oxidation sites excluding steroid dienone is 1. The van der Waals surface area contributed by atoms with Gasteiger partial charge in [-0.25, -0.2) is 0 Å². The lowest BCUT2D eigenvalue weighted by atomic mass is 9.81. The maximum Gasteiger partial charge on any atom is 0.247 e. The summed E-state index contributed by atoms with van der Waals surface area (Å²) in [5.74, 6) is -0.970. The zero-order chi connectivity index (χ0) is 20.2. The number of carbonyl (C=O) groups excluding carboxylic acids is 3. The van der Waals surface area contributed by atoms with Crippen molar-refractivity contribution in [3.63, 3.8) is 0 Å². The van der Waals surface area contributed by atoms with Crippen molar-refractivity contribution in [3.8, 4) is 0 Å². The summed E-state index contributed by atoms with van der Waals surface area (Å²) in [6, 6.07) is 6.04. The number of hydrogen-bond donors (Lipinski definition) is 0. The fourth-order valence-corrected chi connectivity index (χ4v) is 5.19. The van der Waals surface area contributed by atoms with Gasteiger partial charge in [0.05, 0.1) is 23.1 Å². The van der Waals surface area contributed by atoms with E-state index in [1.165, 1.54) is 4.90 Å². The van der Waals surface area contributed by atoms with E-state index in [-0.39, 0.29) is 36.1 Å². The van der Waals surface area contributed by atoms with Gasteiger partial charge in [-0.15, -0.1) is 0 Å². The van der Waals surface area contributed by atoms with Crippen LogP contribution >= 0.6 is 0 Å². The predicted molar refractivity (Wildman–Crippen MR) is 109 cm³/mol. The van der Waals surface area contributed by atoms with E-state index in [0.29, 0.717) is 0 Å². The highest BCUT2D eigenvalue weighted by Crippen LogP contribution is 2.41. The molecule has 1 aromatic carbocycles. The van der Waals surface area contributed by atoms with Crippen molar-refractivity contribution < 1.29 is 14.4 Å². The summed E-state index contributed by atoms with van der Waals surface area (Å²) < 4.78 is 0. The molecule has 0 radical (unpaired) electrons. The molecule has 3 aliphatic rings. The smallest absolute Gasteiger partial charge is 0.247 e. The van der Waals surface area contributed by atoms with Crippen LogP contribution in [0.5, 0.6) is 0 Å². The standard InChI is InChI=1S/C23H28N2O3/c1-14-9-10-19-18(11-14)15(2)12-23(3,4)25(19)20(26)13-24-21(27)16-7-5-6-8-17(16)22(24)28/h9-12,16-17H,5-8,13H2,1-4H3/t16-,17-/m0/s1. The monoisotopic (exact) mass is 380 g/mol. The van der Waals surface area contributed by atoms with Crippen molar-refractivity contribution in [2.45, 2.75) is 58.9 Å². The van der Waals surface area contributed by atoms with Crippen LogP contribution in [0.3, 0.4) is 0 Å². The van der Waals surface area contributed by atoms with Crippen molar-refractivity contribution in [2.75, 3.05) is 11.4 Å². The van der Waals surface area contributed by atoms with E-state index in [4.69, 9.17) is 0 Å². The maximum absolute atomic E-state index is 13.4. The number of aryl methyl sites for hydroxylation is 1. The van der Waals surface area contributed by atoms with E-state index < -0.39 is 5.54 Å². The summed E-state index contributed by atoms with van der Waals surface area (Å²) in [6.45, 7) is 7.90. The van der Waals surface area contributed by atoms with E-state index in [9.17, 15) is 14.4 Å². The van der Waals surface area contributed by atoms with E-state index in [1.54, 1.807) is 4.90 Å². The van der Waals surface area contributed by atoms with Gasteiger partial charge in [0.25, 0.3) is 0 Å². The van der Waals surface area contributed by atoms with Crippen molar-refractivity contribution >= 4 is 29.0 Å². The minimum absolute atomic E-state index is 0.159. The fraction of sp³-hybridized carbons (Fsp3) is 0.522. The van der Waals surface area contributed by atoms with Crippen molar-refractivity contribution in [1.29, 1.82) is 0 Å². The van der Waals surface area contributed by atoms with Crippen molar-refractivity contribution in [3.05, 3.63) is 35.4 Å². The van der Waals surface area contributed by atoms with Crippen LogP contribution in [0.1, 0.15) is 57.6 Å². The van der Waals surface area contributed by atoms with Crippen molar-refractivity contribution in [2.24, 2.45) is 11.8 Å². The molecule has 4 rings (SSSR count). The van der Waals surface area contributed by atoms with Gasteiger partial charge in [-0.05, 0) is 58.2 Å². The highest BCUT2D eigenvalue weighted by molar-refractivity contribution is 6.10. The van der Waals surface area contributed by atoms with Gasteiger partial charge in [-0.3, -0.25) is 19.3 Å². The third-order valence-electron chi connectivity index (χ3n) is 6.44. The number of nitrogens with zero attached hydrogens (tertiary/aromatic N) is 2. The fourth-order valence-electron chi connectivity index (χ4n) is 5.19. The first kappa shape index (κ1) is 18.9. The molecule has 1 aliphatic carbocycles. The molecule has 0 unspecified atom stereocenters. The Balaban J connectivity index is 1.65. The molecule has 5 heteroatoms. The van der Waals surface area contributed by atoms with E-state index >= 15 is 0 Å². The number of carbonyl (C=O) groups is 3. The Bertz CT molecular complexity index is 875. The van der Waals surface area contributed by atoms with Crippen LogP contribution in [0.25, 0.3) is 5.57 Å². The number of fused-ring (bicyclic) bond motifs is 2. The summed E-state index contributed by atoms with van der Waals surface area (Å²) >= 11 is 0. The molecule has 0 N–H and O–H groups in total. The summed E-state index contributed by atoms with van der Waals surface area (Å²) in [5, 5.41) is 0. The molecule has 2 fully saturated rings. The molecule has 0 aromatic heterocycles. The van der Waals surface area contributed by atoms with Crippen LogP contribution in [0, 0.1) is 18.8 Å². The molecule has 1 saturated heterocycles. The first-order valence-corrected chi connectivity index (χ1v) is 10.2. The summed E-state index contributed by atoms with van der Waals surface area (Å²) in [7, 11) is 0. The molecule has 2 heterocycles. The lowest BCUT2D eigenvalue weighted by molar-refractivity contribution is -0.143. The zero-order valence-corrected chi connectivity index (χ0v) is 17.1. The van der Waals surface area contributed by atoms with Crippen LogP contribution in [0.15, 0.2) is 24.3 Å². The molecule has 5 nitrogen and oxygen atoms in total. The van der Waals surface area contributed by atoms with Gasteiger partial charge in [0.2, 0.25) is 17.7 Å². The molecule has 2 aliphatic heterocycles. The second-order valence-corrected chi connectivity index (χ2v) is 8.99. The predicted octanol–water partition coefficient (Wildman–Crippen LogP) is 3.70. The maximum atomic E-state index is 13.4. The normalized spacial score (nSPS) is 26.1. The van der Waals surface area contributed by atoms with E-state index in [1.807, 2.05) is 32.9 Å². The highest BCUT2D eigenvalue weighted by Gasteiger charge is 2.49. The van der Waals surface area contributed by atoms with Gasteiger partial charge in [-0.1, -0.05) is 30.5 Å². The lowest BCUT2D eigenvalue weighted by Gasteiger charge is -2.42. The topological polar surface area (TPSA) is 57.7 Å². The Morgan fingerprint density at radius 1 is 1.07 bits per heavy atom. The van der Waals surface area contributed by atoms with Crippen LogP contribution in [-0.2, 0) is 14.4 Å². The highest BCUT2D eigenvalue weighted by atomic mass is 16.2. The third-order valence-corrected chi connectivity index (χ3v) is 6.44. The summed E-state index contributed by atoms with van der Waals surface area (Å²) in [5.41, 5.74) is 3.61. The third kappa shape index (κ3) is 2.88. The molecule has 148 valence electrons. The molecule has 2 atom stereocenters. The SMILES string of the molecule is CC1=CC(C)(C)N(C(=O)CN2C(=O)[C@H]3CCCC[C@@H]3C2=O)c2ccc(C)cc21. The Hall–Kier alpha value is -2.43. The molecule has 3 amide bonds. The Morgan fingerprint density at radius 3 is 2.29 bits per heavy atom. The van der Waals surface area contributed by atoms with Crippen molar-refractivity contribution in [1.82, 2.24) is 4.90 Å². The number of rotatable bonds is 2. The van der Waals surface area contributed by atoms with E-state index in [2.05, 4.69) is 19.1 Å². The van der Waals surface area contributed by atoms with Gasteiger partial charge < -0.3 is 4.90 Å². The van der Waals surface area contributed by atoms with Crippen LogP contribution < -0.4 is 4.90 Å². The number of likely N-dealkylation sites (tertiary alicyclic amines) is 1. The Kier molecular flexibility index (Phi) is 4.44. The van der Waals surface area contributed by atoms with Gasteiger partial charge >= 0.3 is 0 Å². The van der Waals surface area contributed by atoms with Crippen LogP contribution in [-0.4, -0.2) is 34.7 Å². The Labute approximate surface area is 166 Å². The minimum Gasteiger partial charge on any atom is -0.301 e. The molecule has 0 bridgehead atoms. The largest absolute Gasteiger partial charge is 0.301 e. The first-order valence-electron chi connectivity index (χ1n) is 10.2. The molecule has 28 heavy (non-hydrogen) atoms.